The molecular formula is C30H52O9. The smallest absolute Gasteiger partial charge is 0.306 e. The number of unbranched alkanes of at least 4 members (excludes halogenated alkanes) is 12. The van der Waals surface area contributed by atoms with Crippen LogP contribution >= 0.6 is 0 Å². The fourth-order valence-corrected chi connectivity index (χ4v) is 4.42. The van der Waals surface area contributed by atoms with E-state index >= 15 is 0 Å². The van der Waals surface area contributed by atoms with Gasteiger partial charge in [-0.25, -0.2) is 0 Å². The molecule has 0 spiro atoms. The summed E-state index contributed by atoms with van der Waals surface area (Å²) in [6, 6.07) is 0. The molecule has 9 nitrogen and oxygen atoms in total. The van der Waals surface area contributed by atoms with E-state index in [-0.39, 0.29) is 31.7 Å². The molecule has 2 unspecified atom stereocenters. The zero-order chi connectivity index (χ0) is 29.1. The number of carbonyl (C=O) groups is 5. The third-order valence-corrected chi connectivity index (χ3v) is 6.68. The molecule has 0 saturated carbocycles. The number of carbonyl (C=O) groups excluding carboxylic acids is 3. The van der Waals surface area contributed by atoms with Gasteiger partial charge in [-0.05, 0) is 57.8 Å². The number of aldehydes is 1. The van der Waals surface area contributed by atoms with Crippen LogP contribution in [-0.2, 0) is 33.4 Å². The number of aliphatic carboxylic acids is 2. The van der Waals surface area contributed by atoms with Crippen LogP contribution in [0.3, 0.4) is 0 Å². The van der Waals surface area contributed by atoms with Crippen molar-refractivity contribution in [1.82, 2.24) is 0 Å². The molecular weight excluding hydrogens is 504 g/mol. The zero-order valence-electron chi connectivity index (χ0n) is 24.0. The molecule has 0 aromatic heterocycles. The lowest BCUT2D eigenvalue weighted by molar-refractivity contribution is -0.169. The van der Waals surface area contributed by atoms with E-state index < -0.39 is 30.1 Å². The first-order chi connectivity index (χ1) is 18.8. The lowest BCUT2D eigenvalue weighted by Gasteiger charge is -2.27. The zero-order valence-corrected chi connectivity index (χ0v) is 24.0. The predicted octanol–water partition coefficient (Wildman–Crippen LogP) is 6.78. The fourth-order valence-electron chi connectivity index (χ4n) is 4.42. The molecule has 0 fully saturated rings. The highest BCUT2D eigenvalue weighted by atomic mass is 16.6. The molecule has 0 aliphatic rings. The third-order valence-electron chi connectivity index (χ3n) is 6.68. The van der Waals surface area contributed by atoms with Gasteiger partial charge in [-0.3, -0.25) is 19.2 Å². The molecule has 39 heavy (non-hydrogen) atoms. The number of hydrogen-bond donors (Lipinski definition) is 2. The van der Waals surface area contributed by atoms with Crippen LogP contribution in [0.25, 0.3) is 0 Å². The highest BCUT2D eigenvalue weighted by molar-refractivity contribution is 5.71. The van der Waals surface area contributed by atoms with Crippen LogP contribution in [0.1, 0.15) is 148 Å². The monoisotopic (exact) mass is 556 g/mol. The Morgan fingerprint density at radius 1 is 0.564 bits per heavy atom. The van der Waals surface area contributed by atoms with Crippen molar-refractivity contribution in [3.63, 3.8) is 0 Å². The Balaban J connectivity index is 5.14. The van der Waals surface area contributed by atoms with Crippen LogP contribution in [0.4, 0.5) is 0 Å². The van der Waals surface area contributed by atoms with Gasteiger partial charge in [0, 0.05) is 32.1 Å². The highest BCUT2D eigenvalue weighted by Gasteiger charge is 2.28. The summed E-state index contributed by atoms with van der Waals surface area (Å²) in [6.07, 6.45) is 14.1. The lowest BCUT2D eigenvalue weighted by Crippen LogP contribution is -2.35. The number of rotatable bonds is 28. The van der Waals surface area contributed by atoms with Crippen LogP contribution in [0.5, 0.6) is 0 Å². The molecule has 226 valence electrons. The topological polar surface area (TPSA) is 144 Å². The maximum atomic E-state index is 12.6. The Hall–Kier alpha value is -2.45. The predicted molar refractivity (Wildman–Crippen MR) is 148 cm³/mol. The average molecular weight is 557 g/mol. The highest BCUT2D eigenvalue weighted by Crippen LogP contribution is 2.22. The second-order valence-electron chi connectivity index (χ2n) is 10.3. The molecule has 0 radical (unpaired) electrons. The van der Waals surface area contributed by atoms with E-state index in [1.165, 1.54) is 6.42 Å². The van der Waals surface area contributed by atoms with Crippen molar-refractivity contribution in [2.75, 3.05) is 0 Å². The molecule has 0 rings (SSSR count). The molecule has 0 aromatic carbocycles. The first kappa shape index (κ1) is 36.5. The molecule has 0 amide bonds. The number of carboxylic acids is 2. The first-order valence-electron chi connectivity index (χ1n) is 15.1. The molecule has 0 heterocycles. The standard InChI is InChI=1S/C30H52O9/c1-2-3-4-5-7-11-18-25(38-29(36)22-14-10-17-24-31)26(19-12-8-6-9-13-20-27(32)33)39-30(37)23-16-15-21-28(34)35/h24-26H,2-23H2,1H3,(H,32,33)(H,34,35). The largest absolute Gasteiger partial charge is 0.481 e. The molecule has 0 bridgehead atoms. The van der Waals surface area contributed by atoms with Crippen LogP contribution in [0.2, 0.25) is 0 Å². The summed E-state index contributed by atoms with van der Waals surface area (Å²) >= 11 is 0. The maximum Gasteiger partial charge on any atom is 0.306 e. The Morgan fingerprint density at radius 3 is 1.41 bits per heavy atom. The molecule has 2 N–H and O–H groups in total. The van der Waals surface area contributed by atoms with Gasteiger partial charge in [-0.1, -0.05) is 58.3 Å². The van der Waals surface area contributed by atoms with Gasteiger partial charge >= 0.3 is 23.9 Å². The van der Waals surface area contributed by atoms with Gasteiger partial charge in [0.05, 0.1) is 0 Å². The molecule has 9 heteroatoms. The molecule has 2 atom stereocenters. The van der Waals surface area contributed by atoms with Crippen molar-refractivity contribution in [2.24, 2.45) is 0 Å². The summed E-state index contributed by atoms with van der Waals surface area (Å²) < 4.78 is 11.7. The Kier molecular flexibility index (Phi) is 24.2. The van der Waals surface area contributed by atoms with Crippen molar-refractivity contribution >= 4 is 30.2 Å². The maximum absolute atomic E-state index is 12.6. The lowest BCUT2D eigenvalue weighted by atomic mass is 9.99. The SMILES string of the molecule is CCCCCCCCC(OC(=O)CCCCC=O)C(CCCCCCCC(=O)O)OC(=O)CCCCC(=O)O. The number of ether oxygens (including phenoxy) is 2. The second-order valence-corrected chi connectivity index (χ2v) is 10.3. The van der Waals surface area contributed by atoms with Crippen molar-refractivity contribution in [3.8, 4) is 0 Å². The van der Waals surface area contributed by atoms with Gasteiger partial charge in [0.2, 0.25) is 0 Å². The fraction of sp³-hybridized carbons (Fsp3) is 0.833. The van der Waals surface area contributed by atoms with E-state index in [4.69, 9.17) is 19.7 Å². The molecule has 0 saturated heterocycles. The van der Waals surface area contributed by atoms with Gasteiger partial charge in [0.15, 0.2) is 0 Å². The van der Waals surface area contributed by atoms with E-state index in [1.54, 1.807) is 0 Å². The summed E-state index contributed by atoms with van der Waals surface area (Å²) in [7, 11) is 0. The first-order valence-corrected chi connectivity index (χ1v) is 15.1. The van der Waals surface area contributed by atoms with E-state index in [0.29, 0.717) is 51.4 Å². The third kappa shape index (κ3) is 24.3. The minimum atomic E-state index is -0.899. The summed E-state index contributed by atoms with van der Waals surface area (Å²) in [5, 5.41) is 17.6. The molecule has 0 aliphatic heterocycles. The average Bonchev–Trinajstić information content (AvgIpc) is 2.89. The minimum absolute atomic E-state index is 0.000952. The van der Waals surface area contributed by atoms with Crippen LogP contribution in [0, 0.1) is 0 Å². The Labute approximate surface area is 234 Å². The van der Waals surface area contributed by atoms with Gasteiger partial charge in [-0.2, -0.15) is 0 Å². The van der Waals surface area contributed by atoms with Crippen LogP contribution in [-0.4, -0.2) is 52.6 Å². The minimum Gasteiger partial charge on any atom is -0.481 e. The van der Waals surface area contributed by atoms with E-state index in [0.717, 1.165) is 64.1 Å². The molecule has 0 aromatic rings. The summed E-state index contributed by atoms with van der Waals surface area (Å²) in [5.74, 6) is -2.46. The van der Waals surface area contributed by atoms with E-state index in [9.17, 15) is 24.0 Å². The summed E-state index contributed by atoms with van der Waals surface area (Å²) in [6.45, 7) is 2.16. The van der Waals surface area contributed by atoms with Crippen molar-refractivity contribution < 1.29 is 43.7 Å². The van der Waals surface area contributed by atoms with Gasteiger partial charge in [0.25, 0.3) is 0 Å². The Bertz CT molecular complexity index is 677. The summed E-state index contributed by atoms with van der Waals surface area (Å²) in [4.78, 5) is 57.2. The van der Waals surface area contributed by atoms with Crippen LogP contribution in [0.15, 0.2) is 0 Å². The number of esters is 2. The van der Waals surface area contributed by atoms with E-state index in [2.05, 4.69) is 6.92 Å². The van der Waals surface area contributed by atoms with Crippen molar-refractivity contribution in [3.05, 3.63) is 0 Å². The Morgan fingerprint density at radius 2 is 0.949 bits per heavy atom. The normalized spacial score (nSPS) is 12.4. The second kappa shape index (κ2) is 25.8. The van der Waals surface area contributed by atoms with Crippen molar-refractivity contribution in [1.29, 1.82) is 0 Å². The van der Waals surface area contributed by atoms with Gasteiger partial charge in [-0.15, -0.1) is 0 Å². The number of hydrogen-bond acceptors (Lipinski definition) is 7. The van der Waals surface area contributed by atoms with Crippen molar-refractivity contribution in [2.45, 2.75) is 160 Å². The number of carboxylic acid groups (broad SMARTS) is 2. The molecule has 0 aliphatic carbocycles. The van der Waals surface area contributed by atoms with Gasteiger partial charge < -0.3 is 24.5 Å². The summed E-state index contributed by atoms with van der Waals surface area (Å²) in [5.41, 5.74) is 0. The van der Waals surface area contributed by atoms with Gasteiger partial charge in [0.1, 0.15) is 18.5 Å². The van der Waals surface area contributed by atoms with Crippen LogP contribution < -0.4 is 0 Å². The van der Waals surface area contributed by atoms with E-state index in [1.807, 2.05) is 0 Å². The quantitative estimate of drug-likeness (QED) is 0.0605.